The average molecular weight is 330 g/mol. The van der Waals surface area contributed by atoms with Gasteiger partial charge in [-0.2, -0.15) is 18.2 Å². The predicted molar refractivity (Wildman–Crippen MR) is 80.5 cm³/mol. The first-order valence-corrected chi connectivity index (χ1v) is 7.84. The van der Waals surface area contributed by atoms with Crippen molar-refractivity contribution in [2.45, 2.75) is 44.0 Å². The lowest BCUT2D eigenvalue weighted by atomic mass is 10.0. The predicted octanol–water partition coefficient (Wildman–Crippen LogP) is 2.93. The van der Waals surface area contributed by atoms with Crippen molar-refractivity contribution >= 4 is 11.8 Å². The molecule has 1 aliphatic carbocycles. The molecule has 2 fully saturated rings. The Bertz CT molecular complexity index is 560. The lowest BCUT2D eigenvalue weighted by Gasteiger charge is -2.30. The summed E-state index contributed by atoms with van der Waals surface area (Å²) >= 11 is 0. The highest BCUT2D eigenvalue weighted by atomic mass is 19.4. The summed E-state index contributed by atoms with van der Waals surface area (Å²) in [5.41, 5.74) is -0.926. The first-order valence-electron chi connectivity index (χ1n) is 7.84. The third-order valence-electron chi connectivity index (χ3n) is 4.26. The Morgan fingerprint density at radius 3 is 2.57 bits per heavy atom. The number of nitrogens with one attached hydrogen (secondary N) is 1. The van der Waals surface area contributed by atoms with Crippen molar-refractivity contribution in [3.05, 3.63) is 11.8 Å². The minimum atomic E-state index is -4.49. The van der Waals surface area contributed by atoms with Crippen LogP contribution >= 0.6 is 0 Å². The summed E-state index contributed by atoms with van der Waals surface area (Å²) in [6.07, 6.45) is -0.372. The highest BCUT2D eigenvalue weighted by Gasteiger charge is 2.37. The maximum Gasteiger partial charge on any atom is 0.433 e. The van der Waals surface area contributed by atoms with Gasteiger partial charge in [-0.1, -0.05) is 0 Å². The van der Waals surface area contributed by atoms with Gasteiger partial charge in [-0.15, -0.1) is 0 Å². The Balaban J connectivity index is 1.76. The number of anilines is 2. The summed E-state index contributed by atoms with van der Waals surface area (Å²) in [4.78, 5) is 9.38. The molecule has 2 heterocycles. The topological polar surface area (TPSA) is 50.3 Å². The van der Waals surface area contributed by atoms with E-state index in [0.29, 0.717) is 12.5 Å². The molecule has 0 amide bonds. The fourth-order valence-corrected chi connectivity index (χ4v) is 2.81. The molecule has 0 spiro atoms. The van der Waals surface area contributed by atoms with Crippen molar-refractivity contribution in [1.82, 2.24) is 9.97 Å². The van der Waals surface area contributed by atoms with Crippen LogP contribution < -0.4 is 10.2 Å². The van der Waals surface area contributed by atoms with Gasteiger partial charge in [-0.25, -0.2) is 4.98 Å². The van der Waals surface area contributed by atoms with Gasteiger partial charge in [0.1, 0.15) is 5.82 Å². The minimum Gasteiger partial charge on any atom is -0.378 e. The number of alkyl halides is 3. The summed E-state index contributed by atoms with van der Waals surface area (Å²) in [5.74, 6) is 0.880. The fraction of sp³-hybridized carbons (Fsp3) is 0.733. The molecule has 8 heteroatoms. The second-order valence-electron chi connectivity index (χ2n) is 6.44. The molecule has 23 heavy (non-hydrogen) atoms. The molecule has 0 bridgehead atoms. The smallest absolute Gasteiger partial charge is 0.378 e. The number of hydrogen-bond acceptors (Lipinski definition) is 5. The summed E-state index contributed by atoms with van der Waals surface area (Å²) in [7, 11) is 3.31. The van der Waals surface area contributed by atoms with Crippen LogP contribution in [0.3, 0.4) is 0 Å². The number of rotatable bonds is 4. The molecule has 1 N–H and O–H groups in total. The van der Waals surface area contributed by atoms with Gasteiger partial charge in [-0.05, 0) is 31.6 Å². The van der Waals surface area contributed by atoms with E-state index in [1.807, 2.05) is 0 Å². The van der Waals surface area contributed by atoms with Crippen molar-refractivity contribution in [2.75, 3.05) is 30.9 Å². The summed E-state index contributed by atoms with van der Waals surface area (Å²) in [6, 6.07) is 1.01. The molecule has 2 unspecified atom stereocenters. The Morgan fingerprint density at radius 1 is 1.22 bits per heavy atom. The van der Waals surface area contributed by atoms with E-state index >= 15 is 0 Å². The second-order valence-corrected chi connectivity index (χ2v) is 6.44. The lowest BCUT2D eigenvalue weighted by Crippen LogP contribution is -2.35. The van der Waals surface area contributed by atoms with E-state index in [0.717, 1.165) is 18.9 Å². The molecule has 0 radical (unpaired) electrons. The molecule has 5 nitrogen and oxygen atoms in total. The van der Waals surface area contributed by atoms with Gasteiger partial charge >= 0.3 is 6.18 Å². The minimum absolute atomic E-state index is 0.0324. The first kappa shape index (κ1) is 16.3. The maximum atomic E-state index is 13.0. The SMILES string of the molecule is CN(C)c1cc(C(F)(F)F)nc(NC2CCOC(C3CC3)C2)n1. The van der Waals surface area contributed by atoms with E-state index in [4.69, 9.17) is 4.74 Å². The van der Waals surface area contributed by atoms with Gasteiger partial charge < -0.3 is 15.0 Å². The van der Waals surface area contributed by atoms with Gasteiger partial charge in [0, 0.05) is 32.8 Å². The molecule has 1 saturated heterocycles. The molecule has 1 aliphatic heterocycles. The van der Waals surface area contributed by atoms with Crippen LogP contribution in [0.5, 0.6) is 0 Å². The Labute approximate surface area is 133 Å². The number of hydrogen-bond donors (Lipinski definition) is 1. The summed E-state index contributed by atoms with van der Waals surface area (Å²) < 4.78 is 44.8. The van der Waals surface area contributed by atoms with Crippen molar-refractivity contribution in [3.8, 4) is 0 Å². The van der Waals surface area contributed by atoms with E-state index in [9.17, 15) is 13.2 Å². The van der Waals surface area contributed by atoms with Crippen LogP contribution in [0.2, 0.25) is 0 Å². The van der Waals surface area contributed by atoms with Crippen LogP contribution in [-0.2, 0) is 10.9 Å². The first-order chi connectivity index (χ1) is 10.8. The van der Waals surface area contributed by atoms with Crippen LogP contribution in [0.25, 0.3) is 0 Å². The van der Waals surface area contributed by atoms with Crippen LogP contribution in [0.1, 0.15) is 31.4 Å². The van der Waals surface area contributed by atoms with Crippen molar-refractivity contribution in [3.63, 3.8) is 0 Å². The van der Waals surface area contributed by atoms with Gasteiger partial charge in [0.05, 0.1) is 6.10 Å². The zero-order valence-corrected chi connectivity index (χ0v) is 13.2. The Morgan fingerprint density at radius 2 is 1.96 bits per heavy atom. The Kier molecular flexibility index (Phi) is 4.35. The molecule has 1 aromatic rings. The standard InChI is InChI=1S/C15H21F3N4O/c1-22(2)13-8-12(15(16,17)18)20-14(21-13)19-10-5-6-23-11(7-10)9-3-4-9/h8-11H,3-7H2,1-2H3,(H,19,20,21). The van der Waals surface area contributed by atoms with E-state index in [-0.39, 0.29) is 23.9 Å². The number of nitrogens with zero attached hydrogens (tertiary/aromatic N) is 3. The molecule has 3 rings (SSSR count). The molecule has 1 aromatic heterocycles. The number of aromatic nitrogens is 2. The molecule has 2 aliphatic rings. The monoisotopic (exact) mass is 330 g/mol. The van der Waals surface area contributed by atoms with E-state index in [2.05, 4.69) is 15.3 Å². The highest BCUT2D eigenvalue weighted by molar-refractivity contribution is 5.44. The van der Waals surface area contributed by atoms with Crippen LogP contribution in [0.4, 0.5) is 24.9 Å². The van der Waals surface area contributed by atoms with Crippen LogP contribution in [0.15, 0.2) is 6.07 Å². The lowest BCUT2D eigenvalue weighted by molar-refractivity contribution is -0.141. The number of ether oxygens (including phenoxy) is 1. The molecule has 2 atom stereocenters. The van der Waals surface area contributed by atoms with Gasteiger partial charge in [-0.3, -0.25) is 0 Å². The third kappa shape index (κ3) is 4.04. The second kappa shape index (κ2) is 6.14. The van der Waals surface area contributed by atoms with Crippen LogP contribution in [0, 0.1) is 5.92 Å². The van der Waals surface area contributed by atoms with E-state index in [1.54, 1.807) is 19.0 Å². The van der Waals surface area contributed by atoms with Crippen molar-refractivity contribution in [1.29, 1.82) is 0 Å². The quantitative estimate of drug-likeness (QED) is 0.920. The zero-order valence-electron chi connectivity index (χ0n) is 13.2. The van der Waals surface area contributed by atoms with Gasteiger partial charge in [0.15, 0.2) is 5.69 Å². The van der Waals surface area contributed by atoms with Crippen molar-refractivity contribution in [2.24, 2.45) is 5.92 Å². The molecular weight excluding hydrogens is 309 g/mol. The van der Waals surface area contributed by atoms with Gasteiger partial charge in [0.25, 0.3) is 0 Å². The average Bonchev–Trinajstić information content (AvgIpc) is 3.31. The van der Waals surface area contributed by atoms with Gasteiger partial charge in [0.2, 0.25) is 5.95 Å². The maximum absolute atomic E-state index is 13.0. The summed E-state index contributed by atoms with van der Waals surface area (Å²) in [6.45, 7) is 0.623. The largest absolute Gasteiger partial charge is 0.433 e. The highest BCUT2D eigenvalue weighted by Crippen LogP contribution is 2.38. The van der Waals surface area contributed by atoms with E-state index in [1.165, 1.54) is 12.8 Å². The zero-order chi connectivity index (χ0) is 16.6. The van der Waals surface area contributed by atoms with Crippen LogP contribution in [-0.4, -0.2) is 42.8 Å². The van der Waals surface area contributed by atoms with Crippen molar-refractivity contribution < 1.29 is 17.9 Å². The third-order valence-corrected chi connectivity index (χ3v) is 4.26. The number of halogens is 3. The molecule has 1 saturated carbocycles. The summed E-state index contributed by atoms with van der Waals surface area (Å²) in [5, 5.41) is 3.07. The van der Waals surface area contributed by atoms with E-state index < -0.39 is 11.9 Å². The normalized spacial score (nSPS) is 25.3. The Hall–Kier alpha value is -1.57. The molecular formula is C15H21F3N4O. The fourth-order valence-electron chi connectivity index (χ4n) is 2.81. The molecule has 0 aromatic carbocycles. The molecule has 128 valence electrons.